The van der Waals surface area contributed by atoms with Crippen molar-refractivity contribution in [2.45, 2.75) is 18.4 Å². The summed E-state index contributed by atoms with van der Waals surface area (Å²) in [6, 6.07) is 8.63. The average molecular weight is 146 g/mol. The molecule has 1 spiro atoms. The molecule has 1 aliphatic carbocycles. The number of rotatable bonds is 0. The lowest BCUT2D eigenvalue weighted by molar-refractivity contribution is 0.308. The van der Waals surface area contributed by atoms with E-state index in [1.807, 2.05) is 0 Å². The molecule has 0 aromatic heterocycles. The Hall–Kier alpha value is -0.820. The van der Waals surface area contributed by atoms with Gasteiger partial charge in [0.25, 0.3) is 0 Å². The van der Waals surface area contributed by atoms with E-state index < -0.39 is 0 Å². The third-order valence-electron chi connectivity index (χ3n) is 2.80. The third-order valence-corrected chi connectivity index (χ3v) is 2.80. The third kappa shape index (κ3) is 0.641. The summed E-state index contributed by atoms with van der Waals surface area (Å²) in [7, 11) is 0. The summed E-state index contributed by atoms with van der Waals surface area (Å²) in [5, 5.41) is 0. The summed E-state index contributed by atoms with van der Waals surface area (Å²) >= 11 is 0. The Morgan fingerprint density at radius 1 is 1.27 bits per heavy atom. The van der Waals surface area contributed by atoms with Gasteiger partial charge in [-0.15, -0.1) is 0 Å². The number of benzene rings is 1. The van der Waals surface area contributed by atoms with Gasteiger partial charge in [0.15, 0.2) is 0 Å². The van der Waals surface area contributed by atoms with Crippen LogP contribution in [0.1, 0.15) is 17.5 Å². The monoisotopic (exact) mass is 146 g/mol. The fraction of sp³-hybridized carbons (Fsp3) is 0.400. The summed E-state index contributed by atoms with van der Waals surface area (Å²) in [5.41, 5.74) is 3.11. The van der Waals surface area contributed by atoms with Crippen LogP contribution in [0.4, 0.5) is 0 Å². The predicted molar refractivity (Wildman–Crippen MR) is 42.4 cm³/mol. The van der Waals surface area contributed by atoms with Crippen LogP contribution in [-0.4, -0.2) is 6.61 Å². The van der Waals surface area contributed by atoms with Crippen molar-refractivity contribution in [2.24, 2.45) is 0 Å². The molecule has 1 heteroatoms. The number of aryl methyl sites for hydroxylation is 1. The van der Waals surface area contributed by atoms with E-state index in [0.717, 1.165) is 6.61 Å². The van der Waals surface area contributed by atoms with Crippen molar-refractivity contribution < 1.29 is 4.74 Å². The van der Waals surface area contributed by atoms with E-state index in [1.165, 1.54) is 24.0 Å². The molecule has 0 N–H and O–H groups in total. The van der Waals surface area contributed by atoms with E-state index in [0.29, 0.717) is 0 Å². The summed E-state index contributed by atoms with van der Waals surface area (Å²) in [5.74, 6) is 0. The fourth-order valence-electron chi connectivity index (χ4n) is 2.04. The first kappa shape index (κ1) is 5.78. The molecule has 0 saturated carbocycles. The normalized spacial score (nSPS) is 32.4. The molecule has 0 bridgehead atoms. The van der Waals surface area contributed by atoms with E-state index >= 15 is 0 Å². The van der Waals surface area contributed by atoms with E-state index in [9.17, 15) is 0 Å². The van der Waals surface area contributed by atoms with Gasteiger partial charge < -0.3 is 4.74 Å². The largest absolute Gasteiger partial charge is 0.364 e. The Labute approximate surface area is 66.0 Å². The molecule has 1 saturated heterocycles. The van der Waals surface area contributed by atoms with Gasteiger partial charge in [-0.3, -0.25) is 0 Å². The van der Waals surface area contributed by atoms with Crippen LogP contribution in [0, 0.1) is 0 Å². The Kier molecular flexibility index (Phi) is 0.878. The van der Waals surface area contributed by atoms with Crippen LogP contribution in [-0.2, 0) is 16.8 Å². The van der Waals surface area contributed by atoms with Gasteiger partial charge >= 0.3 is 0 Å². The number of epoxide rings is 1. The highest BCUT2D eigenvalue weighted by atomic mass is 16.6. The SMILES string of the molecule is c1ccc2c(c1)CCC21CO1. The zero-order valence-electron chi connectivity index (χ0n) is 6.34. The second kappa shape index (κ2) is 1.67. The van der Waals surface area contributed by atoms with Crippen LogP contribution in [0.5, 0.6) is 0 Å². The summed E-state index contributed by atoms with van der Waals surface area (Å²) < 4.78 is 5.48. The minimum absolute atomic E-state index is 0.177. The Balaban J connectivity index is 2.21. The van der Waals surface area contributed by atoms with Crippen LogP contribution < -0.4 is 0 Å². The van der Waals surface area contributed by atoms with E-state index in [-0.39, 0.29) is 5.60 Å². The van der Waals surface area contributed by atoms with E-state index in [2.05, 4.69) is 24.3 Å². The second-order valence-electron chi connectivity index (χ2n) is 3.44. The minimum Gasteiger partial charge on any atom is -0.364 e. The topological polar surface area (TPSA) is 12.5 Å². The van der Waals surface area contributed by atoms with Crippen LogP contribution in [0.25, 0.3) is 0 Å². The Bertz CT molecular complexity index is 299. The van der Waals surface area contributed by atoms with Gasteiger partial charge in [0.2, 0.25) is 0 Å². The molecule has 3 rings (SSSR count). The van der Waals surface area contributed by atoms with E-state index in [1.54, 1.807) is 0 Å². The van der Waals surface area contributed by atoms with Crippen LogP contribution in [0.2, 0.25) is 0 Å². The standard InChI is InChI=1S/C10H10O/c1-2-4-9-8(3-1)5-6-10(9)7-11-10/h1-4H,5-7H2. The molecule has 0 radical (unpaired) electrons. The van der Waals surface area contributed by atoms with Gasteiger partial charge in [0.1, 0.15) is 5.60 Å². The Morgan fingerprint density at radius 3 is 2.91 bits per heavy atom. The number of fused-ring (bicyclic) bond motifs is 2. The van der Waals surface area contributed by atoms with Gasteiger partial charge in [-0.25, -0.2) is 0 Å². The lowest BCUT2D eigenvalue weighted by Crippen LogP contribution is -2.01. The first-order valence-electron chi connectivity index (χ1n) is 4.13. The maximum Gasteiger partial charge on any atom is 0.117 e. The predicted octanol–water partition coefficient (Wildman–Crippen LogP) is 1.86. The summed E-state index contributed by atoms with van der Waals surface area (Å²) in [6.45, 7) is 0.948. The molecule has 1 fully saturated rings. The summed E-state index contributed by atoms with van der Waals surface area (Å²) in [6.07, 6.45) is 2.41. The van der Waals surface area contributed by atoms with Crippen molar-refractivity contribution in [2.75, 3.05) is 6.61 Å². The molecule has 1 aromatic rings. The number of hydrogen-bond acceptors (Lipinski definition) is 1. The lowest BCUT2D eigenvalue weighted by atomic mass is 10.0. The quantitative estimate of drug-likeness (QED) is 0.509. The number of ether oxygens (including phenoxy) is 1. The van der Waals surface area contributed by atoms with Crippen LogP contribution >= 0.6 is 0 Å². The highest BCUT2D eigenvalue weighted by Gasteiger charge is 2.50. The molecule has 2 aliphatic rings. The second-order valence-corrected chi connectivity index (χ2v) is 3.44. The molecule has 1 nitrogen and oxygen atoms in total. The molecule has 0 amide bonds. The zero-order valence-corrected chi connectivity index (χ0v) is 6.34. The first-order valence-corrected chi connectivity index (χ1v) is 4.13. The van der Waals surface area contributed by atoms with Crippen molar-refractivity contribution >= 4 is 0 Å². The average Bonchev–Trinajstić information content (AvgIpc) is 2.72. The van der Waals surface area contributed by atoms with Crippen LogP contribution in [0.15, 0.2) is 24.3 Å². The first-order chi connectivity index (χ1) is 5.41. The lowest BCUT2D eigenvalue weighted by Gasteiger charge is -2.02. The Morgan fingerprint density at radius 2 is 2.09 bits per heavy atom. The van der Waals surface area contributed by atoms with Gasteiger partial charge in [-0.2, -0.15) is 0 Å². The van der Waals surface area contributed by atoms with Gasteiger partial charge in [0.05, 0.1) is 6.61 Å². The molecule has 11 heavy (non-hydrogen) atoms. The molecule has 1 aromatic carbocycles. The smallest absolute Gasteiger partial charge is 0.117 e. The molecular weight excluding hydrogens is 136 g/mol. The molecule has 56 valence electrons. The summed E-state index contributed by atoms with van der Waals surface area (Å²) in [4.78, 5) is 0. The highest BCUT2D eigenvalue weighted by molar-refractivity contribution is 5.40. The van der Waals surface area contributed by atoms with Gasteiger partial charge in [0, 0.05) is 0 Å². The molecule has 1 heterocycles. The van der Waals surface area contributed by atoms with Crippen molar-refractivity contribution in [1.82, 2.24) is 0 Å². The number of hydrogen-bond donors (Lipinski definition) is 0. The maximum absolute atomic E-state index is 5.48. The van der Waals surface area contributed by atoms with Crippen molar-refractivity contribution in [3.8, 4) is 0 Å². The molecule has 1 aliphatic heterocycles. The fourth-order valence-corrected chi connectivity index (χ4v) is 2.04. The van der Waals surface area contributed by atoms with Crippen molar-refractivity contribution in [3.05, 3.63) is 35.4 Å². The van der Waals surface area contributed by atoms with Gasteiger partial charge in [-0.05, 0) is 24.0 Å². The molecule has 1 unspecified atom stereocenters. The van der Waals surface area contributed by atoms with Crippen molar-refractivity contribution in [3.63, 3.8) is 0 Å². The maximum atomic E-state index is 5.48. The molecule has 1 atom stereocenters. The van der Waals surface area contributed by atoms with Crippen molar-refractivity contribution in [1.29, 1.82) is 0 Å². The van der Waals surface area contributed by atoms with E-state index in [4.69, 9.17) is 4.74 Å². The molecular formula is C10H10O. The zero-order chi connectivity index (χ0) is 7.31. The van der Waals surface area contributed by atoms with Gasteiger partial charge in [-0.1, -0.05) is 24.3 Å². The minimum atomic E-state index is 0.177. The van der Waals surface area contributed by atoms with Crippen LogP contribution in [0.3, 0.4) is 0 Å². The highest BCUT2D eigenvalue weighted by Crippen LogP contribution is 2.48.